The first-order chi connectivity index (χ1) is 5.04. The van der Waals surface area contributed by atoms with E-state index in [4.69, 9.17) is 9.84 Å². The molecule has 4 nitrogen and oxygen atoms in total. The third kappa shape index (κ3) is 1.57. The van der Waals surface area contributed by atoms with Crippen LogP contribution in [0.1, 0.15) is 13.8 Å². The van der Waals surface area contributed by atoms with Crippen LogP contribution in [-0.4, -0.2) is 29.1 Å². The maximum absolute atomic E-state index is 10.6. The minimum atomic E-state index is -0.918. The molecule has 0 radical (unpaired) electrons. The molecule has 0 aromatic carbocycles. The van der Waals surface area contributed by atoms with Crippen LogP contribution >= 0.6 is 0 Å². The maximum Gasteiger partial charge on any atom is 0.308 e. The standard InChI is InChI=1S/C7H10O4/c1-3(7(9)10)5-6(11-5)4(2)8/h3,5-6H,1-2H3,(H,9,10). The Morgan fingerprint density at radius 1 is 1.55 bits per heavy atom. The van der Waals surface area contributed by atoms with Crippen LogP contribution in [0.2, 0.25) is 0 Å². The Balaban J connectivity index is 2.43. The van der Waals surface area contributed by atoms with Crippen molar-refractivity contribution in [2.45, 2.75) is 26.1 Å². The molecule has 1 aliphatic heterocycles. The van der Waals surface area contributed by atoms with E-state index >= 15 is 0 Å². The van der Waals surface area contributed by atoms with Gasteiger partial charge >= 0.3 is 5.97 Å². The highest BCUT2D eigenvalue weighted by Crippen LogP contribution is 2.29. The molecule has 0 spiro atoms. The van der Waals surface area contributed by atoms with Crippen molar-refractivity contribution < 1.29 is 19.4 Å². The fraction of sp³-hybridized carbons (Fsp3) is 0.714. The molecular weight excluding hydrogens is 148 g/mol. The van der Waals surface area contributed by atoms with Gasteiger partial charge in [0.2, 0.25) is 0 Å². The van der Waals surface area contributed by atoms with Crippen molar-refractivity contribution in [2.75, 3.05) is 0 Å². The number of aliphatic carboxylic acids is 1. The second-order valence-electron chi connectivity index (χ2n) is 2.76. The summed E-state index contributed by atoms with van der Waals surface area (Å²) < 4.78 is 4.87. The average molecular weight is 158 g/mol. The first kappa shape index (κ1) is 8.20. The van der Waals surface area contributed by atoms with Gasteiger partial charge in [0.25, 0.3) is 0 Å². The van der Waals surface area contributed by atoms with Crippen molar-refractivity contribution in [2.24, 2.45) is 5.92 Å². The van der Waals surface area contributed by atoms with Crippen LogP contribution in [-0.2, 0) is 14.3 Å². The number of hydrogen-bond donors (Lipinski definition) is 1. The summed E-state index contributed by atoms with van der Waals surface area (Å²) >= 11 is 0. The number of ketones is 1. The van der Waals surface area contributed by atoms with Crippen molar-refractivity contribution in [3.05, 3.63) is 0 Å². The lowest BCUT2D eigenvalue weighted by atomic mass is 10.0. The molecule has 11 heavy (non-hydrogen) atoms. The predicted molar refractivity (Wildman–Crippen MR) is 36.1 cm³/mol. The molecule has 0 amide bonds. The largest absolute Gasteiger partial charge is 0.481 e. The maximum atomic E-state index is 10.6. The number of hydrogen-bond acceptors (Lipinski definition) is 3. The van der Waals surface area contributed by atoms with Gasteiger partial charge in [-0.05, 0) is 13.8 Å². The number of carbonyl (C=O) groups is 2. The molecular formula is C7H10O4. The SMILES string of the molecule is CC(=O)C1OC1C(C)C(=O)O. The molecule has 1 heterocycles. The Kier molecular flexibility index (Phi) is 1.95. The Morgan fingerprint density at radius 3 is 2.36 bits per heavy atom. The number of Topliss-reactive ketones (excluding diaryl/α,β-unsaturated/α-hetero) is 1. The van der Waals surface area contributed by atoms with Gasteiger partial charge in [-0.3, -0.25) is 9.59 Å². The van der Waals surface area contributed by atoms with Gasteiger partial charge in [0.05, 0.1) is 5.92 Å². The summed E-state index contributed by atoms with van der Waals surface area (Å²) in [5, 5.41) is 8.50. The molecule has 1 fully saturated rings. The quantitative estimate of drug-likeness (QED) is 0.590. The molecule has 0 aromatic rings. The van der Waals surface area contributed by atoms with Crippen LogP contribution in [0, 0.1) is 5.92 Å². The number of ether oxygens (including phenoxy) is 1. The van der Waals surface area contributed by atoms with Gasteiger partial charge in [0, 0.05) is 0 Å². The Labute approximate surface area is 64.2 Å². The Hall–Kier alpha value is -0.900. The molecule has 0 bridgehead atoms. The number of carboxylic acid groups (broad SMARTS) is 1. The van der Waals surface area contributed by atoms with Crippen LogP contribution in [0.3, 0.4) is 0 Å². The minimum Gasteiger partial charge on any atom is -0.481 e. The summed E-state index contributed by atoms with van der Waals surface area (Å²) in [6.45, 7) is 2.94. The molecule has 1 aliphatic rings. The van der Waals surface area contributed by atoms with E-state index in [-0.39, 0.29) is 5.78 Å². The first-order valence-corrected chi connectivity index (χ1v) is 3.42. The summed E-state index contributed by atoms with van der Waals surface area (Å²) in [5.41, 5.74) is 0. The third-order valence-corrected chi connectivity index (χ3v) is 1.81. The zero-order valence-electron chi connectivity index (χ0n) is 6.40. The number of epoxide rings is 1. The van der Waals surface area contributed by atoms with Crippen LogP contribution < -0.4 is 0 Å². The van der Waals surface area contributed by atoms with E-state index in [1.165, 1.54) is 13.8 Å². The normalized spacial score (nSPS) is 31.1. The molecule has 3 atom stereocenters. The molecule has 0 aromatic heterocycles. The molecule has 4 heteroatoms. The van der Waals surface area contributed by atoms with Crippen molar-refractivity contribution >= 4 is 11.8 Å². The van der Waals surface area contributed by atoms with Gasteiger partial charge in [-0.25, -0.2) is 0 Å². The molecule has 62 valence electrons. The van der Waals surface area contributed by atoms with Gasteiger partial charge in [-0.2, -0.15) is 0 Å². The van der Waals surface area contributed by atoms with E-state index in [2.05, 4.69) is 0 Å². The first-order valence-electron chi connectivity index (χ1n) is 3.42. The van der Waals surface area contributed by atoms with Gasteiger partial charge < -0.3 is 9.84 Å². The van der Waals surface area contributed by atoms with E-state index in [1.807, 2.05) is 0 Å². The van der Waals surface area contributed by atoms with Crippen molar-refractivity contribution in [3.8, 4) is 0 Å². The average Bonchev–Trinajstić information content (AvgIpc) is 2.63. The molecule has 1 N–H and O–H groups in total. The third-order valence-electron chi connectivity index (χ3n) is 1.81. The lowest BCUT2D eigenvalue weighted by molar-refractivity contribution is -0.141. The fourth-order valence-electron chi connectivity index (χ4n) is 0.972. The smallest absolute Gasteiger partial charge is 0.308 e. The van der Waals surface area contributed by atoms with E-state index < -0.39 is 24.1 Å². The zero-order valence-corrected chi connectivity index (χ0v) is 6.40. The number of carbonyl (C=O) groups excluding carboxylic acids is 1. The monoisotopic (exact) mass is 158 g/mol. The highest BCUT2D eigenvalue weighted by Gasteiger charge is 2.48. The van der Waals surface area contributed by atoms with Crippen molar-refractivity contribution in [3.63, 3.8) is 0 Å². The van der Waals surface area contributed by atoms with Gasteiger partial charge in [-0.15, -0.1) is 0 Å². The molecule has 0 aliphatic carbocycles. The molecule has 1 saturated heterocycles. The molecule has 3 unspecified atom stereocenters. The summed E-state index contributed by atoms with van der Waals surface area (Å²) in [5.74, 6) is -1.59. The number of rotatable bonds is 3. The topological polar surface area (TPSA) is 66.9 Å². The second-order valence-corrected chi connectivity index (χ2v) is 2.76. The second kappa shape index (κ2) is 2.62. The summed E-state index contributed by atoms with van der Waals surface area (Å²) in [6.07, 6.45) is -0.869. The molecule has 1 rings (SSSR count). The lowest BCUT2D eigenvalue weighted by Gasteiger charge is -1.98. The van der Waals surface area contributed by atoms with Crippen LogP contribution in [0.5, 0.6) is 0 Å². The van der Waals surface area contributed by atoms with Gasteiger partial charge in [-0.1, -0.05) is 0 Å². The van der Waals surface area contributed by atoms with Gasteiger partial charge in [0.1, 0.15) is 12.2 Å². The molecule has 0 saturated carbocycles. The highest BCUT2D eigenvalue weighted by atomic mass is 16.6. The predicted octanol–water partition coefficient (Wildman–Crippen LogP) is 0.0635. The van der Waals surface area contributed by atoms with Crippen LogP contribution in [0.15, 0.2) is 0 Å². The summed E-state index contributed by atoms with van der Waals surface area (Å²) in [7, 11) is 0. The Morgan fingerprint density at radius 2 is 2.09 bits per heavy atom. The van der Waals surface area contributed by atoms with E-state index in [0.29, 0.717) is 0 Å². The zero-order chi connectivity index (χ0) is 8.59. The van der Waals surface area contributed by atoms with Gasteiger partial charge in [0.15, 0.2) is 5.78 Å². The fourth-order valence-corrected chi connectivity index (χ4v) is 0.972. The van der Waals surface area contributed by atoms with Crippen molar-refractivity contribution in [1.29, 1.82) is 0 Å². The minimum absolute atomic E-state index is 0.0944. The van der Waals surface area contributed by atoms with Crippen LogP contribution in [0.4, 0.5) is 0 Å². The summed E-state index contributed by atoms with van der Waals surface area (Å²) in [6, 6.07) is 0. The highest BCUT2D eigenvalue weighted by molar-refractivity contribution is 5.85. The summed E-state index contributed by atoms with van der Waals surface area (Å²) in [4.78, 5) is 21.0. The number of carboxylic acids is 1. The van der Waals surface area contributed by atoms with E-state index in [1.54, 1.807) is 0 Å². The Bertz CT molecular complexity index is 199. The van der Waals surface area contributed by atoms with Crippen LogP contribution in [0.25, 0.3) is 0 Å². The van der Waals surface area contributed by atoms with E-state index in [0.717, 1.165) is 0 Å². The van der Waals surface area contributed by atoms with E-state index in [9.17, 15) is 9.59 Å². The van der Waals surface area contributed by atoms with Crippen molar-refractivity contribution in [1.82, 2.24) is 0 Å². The lowest BCUT2D eigenvalue weighted by Crippen LogP contribution is -2.19.